The van der Waals surface area contributed by atoms with Gasteiger partial charge in [0.05, 0.1) is 11.1 Å². The maximum atomic E-state index is 6.27. The number of aromatic nitrogens is 2. The third kappa shape index (κ3) is 2.55. The van der Waals surface area contributed by atoms with Crippen LogP contribution in [0.3, 0.4) is 0 Å². The van der Waals surface area contributed by atoms with Crippen LogP contribution >= 0.6 is 22.7 Å². The summed E-state index contributed by atoms with van der Waals surface area (Å²) in [5.74, 6) is 0. The Morgan fingerprint density at radius 2 is 1.83 bits per heavy atom. The van der Waals surface area contributed by atoms with Gasteiger partial charge in [0.1, 0.15) is 11.9 Å². The molecule has 0 fully saturated rings. The van der Waals surface area contributed by atoms with Crippen molar-refractivity contribution in [2.24, 2.45) is 0 Å². The van der Waals surface area contributed by atoms with E-state index < -0.39 is 0 Å². The fourth-order valence-corrected chi connectivity index (χ4v) is 6.33. The van der Waals surface area contributed by atoms with Gasteiger partial charge in [0.25, 0.3) is 0 Å². The summed E-state index contributed by atoms with van der Waals surface area (Å²) in [6.07, 6.45) is 1.62. The van der Waals surface area contributed by atoms with Gasteiger partial charge < -0.3 is 4.42 Å². The number of thiophene rings is 2. The number of benzene rings is 2. The van der Waals surface area contributed by atoms with Crippen LogP contribution in [0, 0.1) is 6.92 Å². The standard InChI is InChI=1S/C25H20N2OS2/c1-13-9-17-19(30-13)6-5-16-20-21(26-12-27-24(20)28-22(16)17)15-10-14-7-8-29-23(14)18(11-15)25(2,3)4/h5-12H,1-4H3. The normalized spacial score (nSPS) is 12.7. The van der Waals surface area contributed by atoms with Gasteiger partial charge in [-0.15, -0.1) is 22.7 Å². The fraction of sp³-hybridized carbons (Fsp3) is 0.200. The number of hydrogen-bond donors (Lipinski definition) is 0. The first kappa shape index (κ1) is 18.0. The van der Waals surface area contributed by atoms with Crippen molar-refractivity contribution in [3.05, 3.63) is 58.5 Å². The zero-order valence-electron chi connectivity index (χ0n) is 17.2. The second-order valence-corrected chi connectivity index (χ2v) is 11.0. The Kier molecular flexibility index (Phi) is 3.68. The zero-order chi connectivity index (χ0) is 20.6. The minimum atomic E-state index is 0.0457. The predicted molar refractivity (Wildman–Crippen MR) is 129 cm³/mol. The molecular formula is C25H20N2OS2. The van der Waals surface area contributed by atoms with Gasteiger partial charge in [-0.25, -0.2) is 9.97 Å². The summed E-state index contributed by atoms with van der Waals surface area (Å²) in [7, 11) is 0. The third-order valence-corrected chi connectivity index (χ3v) is 7.67. The van der Waals surface area contributed by atoms with Crippen molar-refractivity contribution in [2.75, 3.05) is 0 Å². The van der Waals surface area contributed by atoms with Gasteiger partial charge in [0.2, 0.25) is 5.71 Å². The van der Waals surface area contributed by atoms with Crippen molar-refractivity contribution >= 4 is 64.9 Å². The Labute approximate surface area is 182 Å². The lowest BCUT2D eigenvalue weighted by molar-refractivity contribution is 0.597. The van der Waals surface area contributed by atoms with Crippen molar-refractivity contribution in [2.45, 2.75) is 33.1 Å². The Bertz CT molecular complexity index is 1590. The Morgan fingerprint density at radius 1 is 0.967 bits per heavy atom. The van der Waals surface area contributed by atoms with Crippen molar-refractivity contribution in [3.8, 4) is 11.3 Å². The molecule has 0 amide bonds. The van der Waals surface area contributed by atoms with Crippen LogP contribution in [0.1, 0.15) is 31.2 Å². The van der Waals surface area contributed by atoms with E-state index in [-0.39, 0.29) is 5.41 Å². The number of fused-ring (bicyclic) bond motifs is 6. The molecule has 2 aromatic carbocycles. The Balaban J connectivity index is 1.72. The second-order valence-electron chi connectivity index (χ2n) is 8.83. The third-order valence-electron chi connectivity index (χ3n) is 5.69. The van der Waals surface area contributed by atoms with Crippen LogP contribution in [0.25, 0.3) is 53.5 Å². The molecule has 0 atom stereocenters. The first-order chi connectivity index (χ1) is 14.4. The highest BCUT2D eigenvalue weighted by Gasteiger charge is 2.22. The molecule has 148 valence electrons. The number of furan rings is 1. The molecule has 0 saturated carbocycles. The molecule has 0 aliphatic carbocycles. The highest BCUT2D eigenvalue weighted by Crippen LogP contribution is 2.42. The molecule has 0 aliphatic heterocycles. The summed E-state index contributed by atoms with van der Waals surface area (Å²) < 4.78 is 8.86. The largest absolute Gasteiger partial charge is 0.437 e. The maximum absolute atomic E-state index is 6.27. The molecule has 0 N–H and O–H groups in total. The van der Waals surface area contributed by atoms with E-state index in [0.717, 1.165) is 33.0 Å². The van der Waals surface area contributed by atoms with Crippen LogP contribution in [0.15, 0.2) is 52.5 Å². The van der Waals surface area contributed by atoms with E-state index in [9.17, 15) is 0 Å². The summed E-state index contributed by atoms with van der Waals surface area (Å²) in [6.45, 7) is 8.94. The second kappa shape index (κ2) is 6.13. The minimum Gasteiger partial charge on any atom is -0.437 e. The average molecular weight is 429 g/mol. The monoisotopic (exact) mass is 428 g/mol. The average Bonchev–Trinajstić information content (AvgIpc) is 3.40. The van der Waals surface area contributed by atoms with Crippen LogP contribution in [0.2, 0.25) is 0 Å². The molecule has 5 heteroatoms. The summed E-state index contributed by atoms with van der Waals surface area (Å²) >= 11 is 3.60. The van der Waals surface area contributed by atoms with E-state index in [1.165, 1.54) is 25.2 Å². The number of hydrogen-bond acceptors (Lipinski definition) is 5. The van der Waals surface area contributed by atoms with E-state index in [1.807, 2.05) is 0 Å². The predicted octanol–water partition coefficient (Wildman–Crippen LogP) is 8.08. The van der Waals surface area contributed by atoms with Crippen LogP contribution in [0.4, 0.5) is 0 Å². The number of aryl methyl sites for hydroxylation is 1. The molecular weight excluding hydrogens is 408 g/mol. The molecule has 0 unspecified atom stereocenters. The Hall–Kier alpha value is -2.76. The van der Waals surface area contributed by atoms with Gasteiger partial charge in [-0.2, -0.15) is 0 Å². The molecule has 6 rings (SSSR count). The van der Waals surface area contributed by atoms with Gasteiger partial charge >= 0.3 is 0 Å². The summed E-state index contributed by atoms with van der Waals surface area (Å²) in [5, 5.41) is 6.66. The molecule has 4 heterocycles. The highest BCUT2D eigenvalue weighted by molar-refractivity contribution is 7.19. The van der Waals surface area contributed by atoms with E-state index in [4.69, 9.17) is 9.40 Å². The smallest absolute Gasteiger partial charge is 0.231 e. The summed E-state index contributed by atoms with van der Waals surface area (Å²) in [6, 6.07) is 13.3. The molecule has 6 aromatic rings. The van der Waals surface area contributed by atoms with E-state index in [1.54, 1.807) is 29.0 Å². The van der Waals surface area contributed by atoms with Gasteiger partial charge in [0.15, 0.2) is 0 Å². The molecule has 30 heavy (non-hydrogen) atoms. The lowest BCUT2D eigenvalue weighted by Gasteiger charge is -2.21. The van der Waals surface area contributed by atoms with E-state index >= 15 is 0 Å². The van der Waals surface area contributed by atoms with Crippen molar-refractivity contribution in [1.82, 2.24) is 9.97 Å². The molecule has 0 aliphatic rings. The molecule has 4 aromatic heterocycles. The van der Waals surface area contributed by atoms with Gasteiger partial charge in [-0.1, -0.05) is 20.8 Å². The lowest BCUT2D eigenvalue weighted by Crippen LogP contribution is -2.11. The van der Waals surface area contributed by atoms with Gasteiger partial charge in [-0.3, -0.25) is 0 Å². The van der Waals surface area contributed by atoms with Crippen molar-refractivity contribution in [3.63, 3.8) is 0 Å². The first-order valence-corrected chi connectivity index (χ1v) is 11.7. The SMILES string of the molecule is Cc1cc2c(ccc3c2oc2ncnc(-c4cc(C(C)(C)C)c5sccc5c4)c23)s1. The highest BCUT2D eigenvalue weighted by atomic mass is 32.1. The van der Waals surface area contributed by atoms with Gasteiger partial charge in [-0.05, 0) is 65.1 Å². The van der Waals surface area contributed by atoms with E-state index in [0.29, 0.717) is 5.71 Å². The molecule has 0 saturated heterocycles. The van der Waals surface area contributed by atoms with E-state index in [2.05, 4.69) is 74.5 Å². The molecule has 0 radical (unpaired) electrons. The van der Waals surface area contributed by atoms with Crippen LogP contribution in [-0.2, 0) is 5.41 Å². The topological polar surface area (TPSA) is 38.9 Å². The van der Waals surface area contributed by atoms with Crippen molar-refractivity contribution in [1.29, 1.82) is 0 Å². The minimum absolute atomic E-state index is 0.0457. The molecule has 0 spiro atoms. The fourth-order valence-electron chi connectivity index (χ4n) is 4.30. The number of nitrogens with zero attached hydrogens (tertiary/aromatic N) is 2. The summed E-state index contributed by atoms with van der Waals surface area (Å²) in [5.41, 5.74) is 4.99. The van der Waals surface area contributed by atoms with Crippen molar-refractivity contribution < 1.29 is 4.42 Å². The van der Waals surface area contributed by atoms with Crippen LogP contribution in [0.5, 0.6) is 0 Å². The first-order valence-electron chi connectivity index (χ1n) is 9.98. The number of rotatable bonds is 1. The summed E-state index contributed by atoms with van der Waals surface area (Å²) in [4.78, 5) is 10.5. The van der Waals surface area contributed by atoms with Crippen LogP contribution < -0.4 is 0 Å². The maximum Gasteiger partial charge on any atom is 0.231 e. The lowest BCUT2D eigenvalue weighted by atomic mass is 9.85. The molecule has 0 bridgehead atoms. The molecule has 3 nitrogen and oxygen atoms in total. The quantitative estimate of drug-likeness (QED) is 0.266. The zero-order valence-corrected chi connectivity index (χ0v) is 18.9. The van der Waals surface area contributed by atoms with Gasteiger partial charge in [0, 0.05) is 30.6 Å². The van der Waals surface area contributed by atoms with Crippen LogP contribution in [-0.4, -0.2) is 9.97 Å². The Morgan fingerprint density at radius 3 is 2.67 bits per heavy atom.